The number of aldehydes is 1. The van der Waals surface area contributed by atoms with E-state index in [1.54, 1.807) is 25.1 Å². The summed E-state index contributed by atoms with van der Waals surface area (Å²) in [4.78, 5) is 33.1. The number of benzene rings is 2. The van der Waals surface area contributed by atoms with E-state index in [0.717, 1.165) is 11.6 Å². The summed E-state index contributed by atoms with van der Waals surface area (Å²) in [7, 11) is 0. The zero-order valence-corrected chi connectivity index (χ0v) is 15.1. The van der Waals surface area contributed by atoms with Crippen molar-refractivity contribution in [3.63, 3.8) is 0 Å². The van der Waals surface area contributed by atoms with Crippen molar-refractivity contribution in [1.82, 2.24) is 5.32 Å². The summed E-state index contributed by atoms with van der Waals surface area (Å²) < 4.78 is 5.22. The second kappa shape index (κ2) is 8.64. The predicted molar refractivity (Wildman–Crippen MR) is 97.0 cm³/mol. The lowest BCUT2D eigenvalue weighted by molar-refractivity contribution is -0.385. The van der Waals surface area contributed by atoms with Gasteiger partial charge in [0.2, 0.25) is 0 Å². The molecule has 2 rings (SSSR count). The van der Waals surface area contributed by atoms with Crippen LogP contribution in [0.5, 0.6) is 5.75 Å². The minimum atomic E-state index is -0.682. The first kappa shape index (κ1) is 19.7. The molecule has 136 valence electrons. The Morgan fingerprint density at radius 3 is 2.62 bits per heavy atom. The number of nitro benzene ring substituents is 1. The molecule has 0 saturated heterocycles. The fourth-order valence-electron chi connectivity index (χ4n) is 2.16. The molecule has 0 bridgehead atoms. The predicted octanol–water partition coefficient (Wildman–Crippen LogP) is 3.97. The van der Waals surface area contributed by atoms with Crippen LogP contribution in [0.1, 0.15) is 28.9 Å². The maximum absolute atomic E-state index is 12.0. The van der Waals surface area contributed by atoms with Gasteiger partial charge in [-0.15, -0.1) is 0 Å². The maximum Gasteiger partial charge on any atom is 0.311 e. The van der Waals surface area contributed by atoms with Gasteiger partial charge in [0.05, 0.1) is 21.0 Å². The van der Waals surface area contributed by atoms with E-state index in [0.29, 0.717) is 16.3 Å². The smallest absolute Gasteiger partial charge is 0.311 e. The minimum Gasteiger partial charge on any atom is -0.477 e. The summed E-state index contributed by atoms with van der Waals surface area (Å²) in [6.45, 7) is 1.33. The van der Waals surface area contributed by atoms with Crippen LogP contribution in [0.4, 0.5) is 5.69 Å². The Kier molecular flexibility index (Phi) is 6.54. The number of nitrogens with zero attached hydrogens (tertiary/aromatic N) is 1. The molecule has 0 fully saturated rings. The molecule has 0 unspecified atom stereocenters. The highest BCUT2D eigenvalue weighted by Gasteiger charge is 2.18. The molecule has 0 spiro atoms. The van der Waals surface area contributed by atoms with Crippen LogP contribution in [0.3, 0.4) is 0 Å². The van der Waals surface area contributed by atoms with E-state index < -0.39 is 17.4 Å². The van der Waals surface area contributed by atoms with Crippen molar-refractivity contribution in [2.24, 2.45) is 0 Å². The van der Waals surface area contributed by atoms with Crippen LogP contribution in [-0.2, 0) is 4.79 Å². The molecular weight excluding hydrogens is 383 g/mol. The van der Waals surface area contributed by atoms with Gasteiger partial charge in [-0.25, -0.2) is 0 Å². The Morgan fingerprint density at radius 1 is 1.27 bits per heavy atom. The van der Waals surface area contributed by atoms with Crippen LogP contribution in [-0.4, -0.2) is 23.7 Å². The molecule has 26 heavy (non-hydrogen) atoms. The van der Waals surface area contributed by atoms with Gasteiger partial charge in [0.15, 0.2) is 12.4 Å². The molecule has 0 aromatic heterocycles. The van der Waals surface area contributed by atoms with Gasteiger partial charge in [0, 0.05) is 11.6 Å². The van der Waals surface area contributed by atoms with Crippen LogP contribution in [0.25, 0.3) is 0 Å². The van der Waals surface area contributed by atoms with E-state index in [4.69, 9.17) is 27.9 Å². The highest BCUT2D eigenvalue weighted by atomic mass is 35.5. The fraction of sp³-hybridized carbons (Fsp3) is 0.176. The topological polar surface area (TPSA) is 98.5 Å². The summed E-state index contributed by atoms with van der Waals surface area (Å²) in [6, 6.07) is 8.34. The molecule has 7 nitrogen and oxygen atoms in total. The number of hydrogen-bond donors (Lipinski definition) is 1. The number of carbonyl (C=O) groups excluding carboxylic acids is 2. The standard InChI is InChI=1S/C17H14Cl2N2O5/c1-10(12-3-4-13(18)14(19)7-12)20-17(23)9-26-16-5-2-11(8-22)6-15(16)21(24)25/h2-8,10H,9H2,1H3,(H,20,23)/t10-/m1/s1. The maximum atomic E-state index is 12.0. The summed E-state index contributed by atoms with van der Waals surface area (Å²) >= 11 is 11.8. The molecule has 0 saturated carbocycles. The lowest BCUT2D eigenvalue weighted by Gasteiger charge is -2.15. The minimum absolute atomic E-state index is 0.0991. The number of hydrogen-bond acceptors (Lipinski definition) is 5. The van der Waals surface area contributed by atoms with Crippen molar-refractivity contribution in [3.8, 4) is 5.75 Å². The van der Waals surface area contributed by atoms with Gasteiger partial charge in [-0.2, -0.15) is 0 Å². The van der Waals surface area contributed by atoms with E-state index >= 15 is 0 Å². The Labute approximate surface area is 159 Å². The molecule has 9 heteroatoms. The van der Waals surface area contributed by atoms with Gasteiger partial charge in [-0.1, -0.05) is 29.3 Å². The normalized spacial score (nSPS) is 11.5. The van der Waals surface area contributed by atoms with Crippen molar-refractivity contribution < 1.29 is 19.2 Å². The number of halogens is 2. The molecule has 0 aliphatic heterocycles. The molecule has 0 radical (unpaired) electrons. The van der Waals surface area contributed by atoms with Gasteiger partial charge in [0.25, 0.3) is 5.91 Å². The second-order valence-electron chi connectivity index (χ2n) is 5.35. The lowest BCUT2D eigenvalue weighted by Crippen LogP contribution is -2.31. The zero-order chi connectivity index (χ0) is 19.3. The zero-order valence-electron chi connectivity index (χ0n) is 13.6. The van der Waals surface area contributed by atoms with Crippen LogP contribution >= 0.6 is 23.2 Å². The van der Waals surface area contributed by atoms with Gasteiger partial charge in [-0.05, 0) is 36.8 Å². The van der Waals surface area contributed by atoms with Gasteiger partial charge >= 0.3 is 5.69 Å². The molecule has 1 atom stereocenters. The Hall–Kier alpha value is -2.64. The monoisotopic (exact) mass is 396 g/mol. The first-order valence-corrected chi connectivity index (χ1v) is 8.18. The molecule has 0 aliphatic rings. The van der Waals surface area contributed by atoms with Crippen LogP contribution < -0.4 is 10.1 Å². The summed E-state index contributed by atoms with van der Waals surface area (Å²) in [5.41, 5.74) is 0.496. The Balaban J connectivity index is 2.01. The molecule has 0 aliphatic carbocycles. The summed E-state index contributed by atoms with van der Waals surface area (Å²) in [5.74, 6) is -0.574. The quantitative estimate of drug-likeness (QED) is 0.433. The number of carbonyl (C=O) groups is 2. The molecule has 2 aromatic rings. The van der Waals surface area contributed by atoms with E-state index in [1.165, 1.54) is 12.1 Å². The van der Waals surface area contributed by atoms with Crippen LogP contribution in [0, 0.1) is 10.1 Å². The molecule has 1 N–H and O–H groups in total. The third-order valence-corrected chi connectivity index (χ3v) is 4.23. The second-order valence-corrected chi connectivity index (χ2v) is 6.17. The molecule has 1 amide bonds. The number of ether oxygens (including phenoxy) is 1. The van der Waals surface area contributed by atoms with Gasteiger partial charge in [-0.3, -0.25) is 19.7 Å². The number of amides is 1. The number of nitrogens with one attached hydrogen (secondary N) is 1. The molecular formula is C17H14Cl2N2O5. The van der Waals surface area contributed by atoms with Crippen molar-refractivity contribution >= 4 is 41.1 Å². The van der Waals surface area contributed by atoms with E-state index in [9.17, 15) is 19.7 Å². The van der Waals surface area contributed by atoms with Crippen LogP contribution in [0.15, 0.2) is 36.4 Å². The fourth-order valence-corrected chi connectivity index (χ4v) is 2.47. The van der Waals surface area contributed by atoms with Crippen molar-refractivity contribution in [3.05, 3.63) is 67.7 Å². The van der Waals surface area contributed by atoms with E-state index in [-0.39, 0.29) is 23.0 Å². The van der Waals surface area contributed by atoms with Crippen molar-refractivity contribution in [2.45, 2.75) is 13.0 Å². The van der Waals surface area contributed by atoms with E-state index in [2.05, 4.69) is 5.32 Å². The summed E-state index contributed by atoms with van der Waals surface area (Å²) in [5, 5.41) is 14.5. The highest BCUT2D eigenvalue weighted by Crippen LogP contribution is 2.28. The first-order chi connectivity index (χ1) is 12.3. The molecule has 2 aromatic carbocycles. The average Bonchev–Trinajstić information content (AvgIpc) is 2.61. The lowest BCUT2D eigenvalue weighted by atomic mass is 10.1. The van der Waals surface area contributed by atoms with Gasteiger partial charge in [0.1, 0.15) is 6.29 Å². The SMILES string of the molecule is C[C@@H](NC(=O)COc1ccc(C=O)cc1[N+](=O)[O-])c1ccc(Cl)c(Cl)c1. The van der Waals surface area contributed by atoms with Crippen LogP contribution in [0.2, 0.25) is 10.0 Å². The average molecular weight is 397 g/mol. The van der Waals surface area contributed by atoms with E-state index in [1.807, 2.05) is 0 Å². The summed E-state index contributed by atoms with van der Waals surface area (Å²) in [6.07, 6.45) is 0.489. The first-order valence-electron chi connectivity index (χ1n) is 7.42. The highest BCUT2D eigenvalue weighted by molar-refractivity contribution is 6.42. The Bertz CT molecular complexity index is 857. The number of rotatable bonds is 7. The largest absolute Gasteiger partial charge is 0.477 e. The third-order valence-electron chi connectivity index (χ3n) is 3.50. The van der Waals surface area contributed by atoms with Crippen molar-refractivity contribution in [2.75, 3.05) is 6.61 Å². The van der Waals surface area contributed by atoms with Gasteiger partial charge < -0.3 is 10.1 Å². The Morgan fingerprint density at radius 2 is 2.00 bits per heavy atom. The number of nitro groups is 1. The third kappa shape index (κ3) is 4.93. The van der Waals surface area contributed by atoms with Crippen molar-refractivity contribution in [1.29, 1.82) is 0 Å². The molecule has 0 heterocycles.